The van der Waals surface area contributed by atoms with Crippen molar-refractivity contribution in [2.75, 3.05) is 0 Å². The Morgan fingerprint density at radius 2 is 2.12 bits per heavy atom. The summed E-state index contributed by atoms with van der Waals surface area (Å²) in [5.41, 5.74) is 0. The summed E-state index contributed by atoms with van der Waals surface area (Å²) in [5, 5.41) is 0. The average molecular weight is 148 g/mol. The molecule has 0 bridgehead atoms. The van der Waals surface area contributed by atoms with E-state index in [9.17, 15) is 4.79 Å². The van der Waals surface area contributed by atoms with E-state index in [1.165, 1.54) is 0 Å². The summed E-state index contributed by atoms with van der Waals surface area (Å²) in [5.74, 6) is -0.191. The summed E-state index contributed by atoms with van der Waals surface area (Å²) < 4.78 is 2.35. The normalized spacial score (nSPS) is 10.9. The van der Waals surface area contributed by atoms with E-state index in [-0.39, 0.29) is 5.91 Å². The lowest BCUT2D eigenvalue weighted by Crippen LogP contribution is -2.36. The highest BCUT2D eigenvalue weighted by Crippen LogP contribution is 2.10. The van der Waals surface area contributed by atoms with Gasteiger partial charge in [-0.05, 0) is 13.8 Å². The van der Waals surface area contributed by atoms with Crippen molar-refractivity contribution >= 4 is 34.0 Å². The van der Waals surface area contributed by atoms with Crippen LogP contribution in [0.25, 0.3) is 0 Å². The van der Waals surface area contributed by atoms with Crippen molar-refractivity contribution in [2.24, 2.45) is 0 Å². The Morgan fingerprint density at radius 1 is 1.75 bits per heavy atom. The van der Waals surface area contributed by atoms with Crippen LogP contribution in [0.4, 0.5) is 0 Å². The summed E-state index contributed by atoms with van der Waals surface area (Å²) in [4.78, 5) is 9.78. The van der Waals surface area contributed by atoms with Gasteiger partial charge in [0.25, 0.3) is 0 Å². The van der Waals surface area contributed by atoms with Gasteiger partial charge in [-0.2, -0.15) is 0 Å². The molecule has 2 radical (unpaired) electrons. The topological polar surface area (TPSA) is 29.1 Å². The van der Waals surface area contributed by atoms with Gasteiger partial charge in [-0.1, -0.05) is 0 Å². The van der Waals surface area contributed by atoms with Gasteiger partial charge in [0, 0.05) is 0 Å². The first kappa shape index (κ1) is 8.29. The third-order valence-corrected chi connectivity index (χ3v) is 1.10. The molecule has 0 aromatic carbocycles. The second-order valence-electron chi connectivity index (χ2n) is 1.95. The molecule has 44 valence electrons. The summed E-state index contributed by atoms with van der Waals surface area (Å²) >= 11 is 7.66. The summed E-state index contributed by atoms with van der Waals surface area (Å²) in [6.07, 6.45) is 0. The van der Waals surface area contributed by atoms with Gasteiger partial charge in [0.05, 0.1) is 0 Å². The van der Waals surface area contributed by atoms with E-state index < -0.39 is 4.87 Å². The molecule has 0 spiro atoms. The van der Waals surface area contributed by atoms with Gasteiger partial charge < -0.3 is 4.30 Å². The number of halogens is 1. The van der Waals surface area contributed by atoms with Crippen molar-refractivity contribution in [3.8, 4) is 0 Å². The zero-order valence-corrected chi connectivity index (χ0v) is 6.77. The molecule has 0 heterocycles. The highest BCUT2D eigenvalue weighted by molar-refractivity contribution is 6.36. The minimum Gasteiger partial charge on any atom is -0.462 e. The van der Waals surface area contributed by atoms with E-state index in [0.717, 1.165) is 0 Å². The minimum absolute atomic E-state index is 0.191. The molecule has 0 aromatic rings. The first-order valence-electron chi connectivity index (χ1n) is 2.18. The van der Waals surface area contributed by atoms with Crippen molar-refractivity contribution in [3.05, 3.63) is 0 Å². The molecule has 0 aliphatic carbocycles. The zero-order chi connectivity index (χ0) is 6.78. The van der Waals surface area contributed by atoms with Gasteiger partial charge >= 0.3 is 16.5 Å². The van der Waals surface area contributed by atoms with Crippen molar-refractivity contribution in [1.29, 1.82) is 0 Å². The lowest BCUT2D eigenvalue weighted by molar-refractivity contribution is -0.121. The monoisotopic (exact) mass is 147 g/mol. The van der Waals surface area contributed by atoms with E-state index in [1.807, 2.05) is 0 Å². The van der Waals surface area contributed by atoms with Crippen LogP contribution < -0.4 is 4.30 Å². The van der Waals surface area contributed by atoms with E-state index in [0.29, 0.717) is 0 Å². The Balaban J connectivity index is 3.82. The van der Waals surface area contributed by atoms with Crippen LogP contribution in [0, 0.1) is 0 Å². The van der Waals surface area contributed by atoms with Gasteiger partial charge in [0.2, 0.25) is 5.91 Å². The number of carbonyl (C=O) groups is 1. The summed E-state index contributed by atoms with van der Waals surface area (Å²) in [6, 6.07) is 0. The number of amides is 1. The second-order valence-corrected chi connectivity index (χ2v) is 3.18. The van der Waals surface area contributed by atoms with Crippen molar-refractivity contribution in [1.82, 2.24) is 4.30 Å². The molecule has 2 nitrogen and oxygen atoms in total. The van der Waals surface area contributed by atoms with Gasteiger partial charge in [0.15, 0.2) is 0 Å². The largest absolute Gasteiger partial charge is 0.462 e. The third kappa shape index (κ3) is 2.56. The van der Waals surface area contributed by atoms with E-state index in [2.05, 4.69) is 20.8 Å². The fourth-order valence-electron chi connectivity index (χ4n) is 0.172. The number of carbonyl (C=O) groups excluding carboxylic acids is 1. The Kier molecular flexibility index (Phi) is 2.83. The van der Waals surface area contributed by atoms with E-state index >= 15 is 0 Å². The minimum atomic E-state index is -0.790. The first-order chi connectivity index (χ1) is 3.48. The molecule has 0 saturated carbocycles. The lowest BCUT2D eigenvalue weighted by Gasteiger charge is -2.12. The molecule has 8 heavy (non-hydrogen) atoms. The summed E-state index contributed by atoms with van der Waals surface area (Å²) in [7, 11) is 0. The Hall–Kier alpha value is 0.292. The number of alkyl halides is 1. The molecule has 0 atom stereocenters. The van der Waals surface area contributed by atoms with Gasteiger partial charge in [0.1, 0.15) is 4.87 Å². The van der Waals surface area contributed by atoms with Gasteiger partial charge in [-0.3, -0.25) is 4.79 Å². The molecule has 0 aliphatic heterocycles. The van der Waals surface area contributed by atoms with Crippen molar-refractivity contribution in [2.45, 2.75) is 18.7 Å². The predicted octanol–water partition coefficient (Wildman–Crippen LogP) is 0.203. The van der Waals surface area contributed by atoms with Crippen LogP contribution in [-0.2, 0) is 4.79 Å². The molecule has 0 unspecified atom stereocenters. The fraction of sp³-hybridized carbons (Fsp3) is 0.750. The zero-order valence-electron chi connectivity index (χ0n) is 4.86. The number of hydrogen-bond donors (Lipinski definition) is 1. The van der Waals surface area contributed by atoms with Crippen LogP contribution in [0.2, 0.25) is 0 Å². The molecular formula is C4H7AlClNO. The van der Waals surface area contributed by atoms with Crippen LogP contribution in [-0.4, -0.2) is 27.3 Å². The standard InChI is InChI=1S/C4H8ClNO.Al/c1-4(2,5)3(6)7;/h1-2H3,(H2,6,7);/q;+1/p-1. The second kappa shape index (κ2) is 2.73. The quantitative estimate of drug-likeness (QED) is 0.417. The Morgan fingerprint density at radius 3 is 2.12 bits per heavy atom. The van der Waals surface area contributed by atoms with E-state index in [4.69, 9.17) is 11.6 Å². The van der Waals surface area contributed by atoms with Crippen LogP contribution >= 0.6 is 11.6 Å². The molecule has 0 saturated heterocycles. The highest BCUT2D eigenvalue weighted by atomic mass is 35.5. The van der Waals surface area contributed by atoms with Crippen LogP contribution in [0.1, 0.15) is 13.8 Å². The lowest BCUT2D eigenvalue weighted by atomic mass is 10.2. The van der Waals surface area contributed by atoms with Gasteiger partial charge in [-0.25, -0.2) is 0 Å². The SMILES string of the molecule is CC(C)(Cl)C(=O)[NH][Al]. The predicted molar refractivity (Wildman–Crippen MR) is 33.8 cm³/mol. The van der Waals surface area contributed by atoms with E-state index in [1.54, 1.807) is 13.8 Å². The van der Waals surface area contributed by atoms with Crippen LogP contribution in [0.3, 0.4) is 0 Å². The number of hydrogen-bond acceptors (Lipinski definition) is 1. The third-order valence-electron chi connectivity index (χ3n) is 0.671. The fourth-order valence-corrected chi connectivity index (χ4v) is 0.679. The maximum Gasteiger partial charge on any atom is 0.310 e. The average Bonchev–Trinajstić information content (AvgIpc) is 1.62. The first-order valence-corrected chi connectivity index (χ1v) is 3.14. The number of nitrogens with one attached hydrogen (secondary N) is 1. The van der Waals surface area contributed by atoms with Crippen LogP contribution in [0.15, 0.2) is 0 Å². The molecule has 0 aliphatic rings. The maximum absolute atomic E-state index is 10.6. The maximum atomic E-state index is 10.6. The summed E-state index contributed by atoms with van der Waals surface area (Å²) in [6.45, 7) is 3.27. The van der Waals surface area contributed by atoms with Crippen molar-refractivity contribution in [3.63, 3.8) is 0 Å². The number of rotatable bonds is 1. The molecule has 1 N–H and O–H groups in total. The molecule has 0 fully saturated rings. The van der Waals surface area contributed by atoms with Gasteiger partial charge in [-0.15, -0.1) is 11.6 Å². The molecule has 0 rings (SSSR count). The smallest absolute Gasteiger partial charge is 0.310 e. The Labute approximate surface area is 62.2 Å². The van der Waals surface area contributed by atoms with Crippen LogP contribution in [0.5, 0.6) is 0 Å². The molecule has 0 aromatic heterocycles. The Bertz CT molecular complexity index is 98.7. The highest BCUT2D eigenvalue weighted by Gasteiger charge is 2.20. The van der Waals surface area contributed by atoms with Crippen molar-refractivity contribution < 1.29 is 4.79 Å². The molecular weight excluding hydrogens is 140 g/mol. The molecule has 4 heteroatoms. The molecule has 1 amide bonds.